The van der Waals surface area contributed by atoms with E-state index in [1.165, 1.54) is 18.4 Å². The van der Waals surface area contributed by atoms with E-state index < -0.39 is 0 Å². The van der Waals surface area contributed by atoms with E-state index >= 15 is 0 Å². The molecule has 0 unspecified atom stereocenters. The Balaban J connectivity index is 2.08. The van der Waals surface area contributed by atoms with E-state index in [1.807, 2.05) is 0 Å². The highest BCUT2D eigenvalue weighted by atomic mass is 16.1. The Morgan fingerprint density at radius 1 is 1.33 bits per heavy atom. The SMILES string of the molecule is CC1(C)C=C2[C@@H](C[C@H]3CCC(=O)[C@@]23C)C1. The summed E-state index contributed by atoms with van der Waals surface area (Å²) in [6, 6.07) is 0. The van der Waals surface area contributed by atoms with Gasteiger partial charge in [-0.3, -0.25) is 4.79 Å². The Bertz CT molecular complexity index is 364. The second-order valence-electron chi connectivity index (χ2n) is 6.59. The van der Waals surface area contributed by atoms with Gasteiger partial charge in [0.15, 0.2) is 0 Å². The summed E-state index contributed by atoms with van der Waals surface area (Å²) in [5, 5.41) is 0. The zero-order valence-corrected chi connectivity index (χ0v) is 9.97. The quantitative estimate of drug-likeness (QED) is 0.553. The predicted molar refractivity (Wildman–Crippen MR) is 60.4 cm³/mol. The van der Waals surface area contributed by atoms with Crippen LogP contribution in [-0.2, 0) is 4.79 Å². The fraction of sp³-hybridized carbons (Fsp3) is 0.786. The number of hydrogen-bond acceptors (Lipinski definition) is 1. The summed E-state index contributed by atoms with van der Waals surface area (Å²) in [7, 11) is 0. The van der Waals surface area contributed by atoms with Crippen LogP contribution in [0.15, 0.2) is 11.6 Å². The van der Waals surface area contributed by atoms with E-state index in [-0.39, 0.29) is 5.41 Å². The summed E-state index contributed by atoms with van der Waals surface area (Å²) in [6.45, 7) is 6.81. The normalized spacial score (nSPS) is 46.6. The van der Waals surface area contributed by atoms with Crippen LogP contribution in [0.5, 0.6) is 0 Å². The second kappa shape index (κ2) is 2.56. The van der Waals surface area contributed by atoms with Gasteiger partial charge in [-0.15, -0.1) is 0 Å². The lowest BCUT2D eigenvalue weighted by Crippen LogP contribution is -2.26. The summed E-state index contributed by atoms with van der Waals surface area (Å²) in [5.41, 5.74) is 1.77. The van der Waals surface area contributed by atoms with Gasteiger partial charge < -0.3 is 0 Å². The molecule has 0 aromatic rings. The third-order valence-corrected chi connectivity index (χ3v) is 5.04. The number of carbonyl (C=O) groups is 1. The third-order valence-electron chi connectivity index (χ3n) is 5.04. The number of ketones is 1. The highest BCUT2D eigenvalue weighted by Crippen LogP contribution is 2.62. The van der Waals surface area contributed by atoms with Crippen molar-refractivity contribution in [2.45, 2.75) is 46.5 Å². The van der Waals surface area contributed by atoms with Crippen LogP contribution < -0.4 is 0 Å². The molecule has 0 radical (unpaired) electrons. The molecule has 15 heavy (non-hydrogen) atoms. The molecule has 0 saturated heterocycles. The first-order valence-electron chi connectivity index (χ1n) is 6.20. The van der Waals surface area contributed by atoms with Crippen molar-refractivity contribution in [2.75, 3.05) is 0 Å². The molecule has 0 amide bonds. The fourth-order valence-corrected chi connectivity index (χ4v) is 4.30. The van der Waals surface area contributed by atoms with E-state index in [9.17, 15) is 4.79 Å². The topological polar surface area (TPSA) is 17.1 Å². The minimum absolute atomic E-state index is 0.0571. The maximum atomic E-state index is 12.1. The number of hydrogen-bond donors (Lipinski definition) is 0. The zero-order chi connectivity index (χ0) is 10.8. The van der Waals surface area contributed by atoms with Gasteiger partial charge in [-0.25, -0.2) is 0 Å². The molecule has 2 fully saturated rings. The van der Waals surface area contributed by atoms with Crippen LogP contribution in [0.4, 0.5) is 0 Å². The molecule has 0 heterocycles. The Morgan fingerprint density at radius 2 is 2.07 bits per heavy atom. The number of carbonyl (C=O) groups excluding carboxylic acids is 1. The van der Waals surface area contributed by atoms with Gasteiger partial charge in [0, 0.05) is 6.42 Å². The number of fused-ring (bicyclic) bond motifs is 3. The van der Waals surface area contributed by atoms with Crippen LogP contribution in [-0.4, -0.2) is 5.78 Å². The largest absolute Gasteiger partial charge is 0.299 e. The maximum absolute atomic E-state index is 12.1. The molecule has 82 valence electrons. The molecule has 2 saturated carbocycles. The molecular formula is C14H20O. The van der Waals surface area contributed by atoms with Gasteiger partial charge in [0.1, 0.15) is 5.78 Å². The van der Waals surface area contributed by atoms with Crippen LogP contribution in [0.25, 0.3) is 0 Å². The molecule has 1 nitrogen and oxygen atoms in total. The molecule has 3 rings (SSSR count). The fourth-order valence-electron chi connectivity index (χ4n) is 4.30. The Kier molecular flexibility index (Phi) is 1.64. The molecule has 1 heteroatoms. The van der Waals surface area contributed by atoms with E-state index in [2.05, 4.69) is 26.8 Å². The zero-order valence-electron chi connectivity index (χ0n) is 9.97. The highest BCUT2D eigenvalue weighted by molar-refractivity contribution is 5.91. The van der Waals surface area contributed by atoms with Gasteiger partial charge in [0.2, 0.25) is 0 Å². The van der Waals surface area contributed by atoms with E-state index in [4.69, 9.17) is 0 Å². The van der Waals surface area contributed by atoms with Gasteiger partial charge in [0.05, 0.1) is 5.41 Å². The Labute approximate surface area is 91.9 Å². The molecule has 0 spiro atoms. The molecule has 3 aliphatic rings. The van der Waals surface area contributed by atoms with Crippen molar-refractivity contribution >= 4 is 5.78 Å². The molecular weight excluding hydrogens is 184 g/mol. The van der Waals surface area contributed by atoms with Gasteiger partial charge in [0.25, 0.3) is 0 Å². The summed E-state index contributed by atoms with van der Waals surface area (Å²) in [6.07, 6.45) is 6.93. The van der Waals surface area contributed by atoms with Gasteiger partial charge >= 0.3 is 0 Å². The predicted octanol–water partition coefficient (Wildman–Crippen LogP) is 3.35. The summed E-state index contributed by atoms with van der Waals surface area (Å²) >= 11 is 0. The number of Topliss-reactive ketones (excluding diaryl/α,β-unsaturated/α-hetero) is 1. The number of allylic oxidation sites excluding steroid dienone is 2. The molecule has 0 aliphatic heterocycles. The summed E-state index contributed by atoms with van der Waals surface area (Å²) < 4.78 is 0. The van der Waals surface area contributed by atoms with Gasteiger partial charge in [-0.2, -0.15) is 0 Å². The van der Waals surface area contributed by atoms with Crippen molar-refractivity contribution in [3.63, 3.8) is 0 Å². The average Bonchev–Trinajstić information content (AvgIpc) is 2.65. The smallest absolute Gasteiger partial charge is 0.143 e. The van der Waals surface area contributed by atoms with Crippen LogP contribution >= 0.6 is 0 Å². The first-order chi connectivity index (χ1) is 6.93. The van der Waals surface area contributed by atoms with Crippen LogP contribution in [0.3, 0.4) is 0 Å². The average molecular weight is 204 g/mol. The molecule has 0 N–H and O–H groups in total. The van der Waals surface area contributed by atoms with Gasteiger partial charge in [-0.05, 0) is 43.4 Å². The first-order valence-corrected chi connectivity index (χ1v) is 6.20. The van der Waals surface area contributed by atoms with Crippen molar-refractivity contribution in [3.8, 4) is 0 Å². The van der Waals surface area contributed by atoms with Crippen molar-refractivity contribution in [1.82, 2.24) is 0 Å². The van der Waals surface area contributed by atoms with Crippen LogP contribution in [0.1, 0.15) is 46.5 Å². The maximum Gasteiger partial charge on any atom is 0.143 e. The molecule has 0 bridgehead atoms. The Morgan fingerprint density at radius 3 is 2.80 bits per heavy atom. The Hall–Kier alpha value is -0.590. The van der Waals surface area contributed by atoms with Crippen molar-refractivity contribution in [2.24, 2.45) is 22.7 Å². The number of rotatable bonds is 0. The minimum Gasteiger partial charge on any atom is -0.299 e. The minimum atomic E-state index is -0.0571. The lowest BCUT2D eigenvalue weighted by Gasteiger charge is -2.24. The van der Waals surface area contributed by atoms with Crippen molar-refractivity contribution < 1.29 is 4.79 Å². The van der Waals surface area contributed by atoms with Gasteiger partial charge in [-0.1, -0.05) is 25.5 Å². The highest BCUT2D eigenvalue weighted by Gasteiger charge is 2.57. The van der Waals surface area contributed by atoms with Crippen molar-refractivity contribution in [1.29, 1.82) is 0 Å². The second-order valence-corrected chi connectivity index (χ2v) is 6.59. The standard InChI is InChI=1S/C14H20O/c1-13(2)7-9-6-10-4-5-12(15)14(10,3)11(9)8-13/h8-10H,4-7H2,1-3H3/t9-,10+,14+/m0/s1. The van der Waals surface area contributed by atoms with Crippen LogP contribution in [0.2, 0.25) is 0 Å². The van der Waals surface area contributed by atoms with Crippen LogP contribution in [0, 0.1) is 22.7 Å². The molecule has 0 aromatic carbocycles. The van der Waals surface area contributed by atoms with E-state index in [1.54, 1.807) is 0 Å². The lowest BCUT2D eigenvalue weighted by molar-refractivity contribution is -0.123. The molecule has 0 aromatic heterocycles. The molecule has 3 atom stereocenters. The molecule has 3 aliphatic carbocycles. The third kappa shape index (κ3) is 1.07. The van der Waals surface area contributed by atoms with E-state index in [0.717, 1.165) is 18.8 Å². The summed E-state index contributed by atoms with van der Waals surface area (Å²) in [4.78, 5) is 12.1. The summed E-state index contributed by atoms with van der Waals surface area (Å²) in [5.74, 6) is 1.90. The van der Waals surface area contributed by atoms with Crippen molar-refractivity contribution in [3.05, 3.63) is 11.6 Å². The van der Waals surface area contributed by atoms with E-state index in [0.29, 0.717) is 17.1 Å². The first kappa shape index (κ1) is 9.62. The lowest BCUT2D eigenvalue weighted by atomic mass is 9.78. The monoisotopic (exact) mass is 204 g/mol.